The molecule has 0 bridgehead atoms. The molecule has 0 unspecified atom stereocenters. The van der Waals surface area contributed by atoms with Crippen LogP contribution in [0.2, 0.25) is 0 Å². The average Bonchev–Trinajstić information content (AvgIpc) is 3.11. The molecule has 1 aromatic heterocycles. The second-order valence-electron chi connectivity index (χ2n) is 6.10. The van der Waals surface area contributed by atoms with Crippen LogP contribution in [0.4, 0.5) is 0 Å². The molecule has 0 amide bonds. The summed E-state index contributed by atoms with van der Waals surface area (Å²) in [4.78, 5) is 2.28. The molecule has 124 valence electrons. The van der Waals surface area contributed by atoms with Crippen LogP contribution < -0.4 is 4.74 Å². The number of rotatable bonds is 5. The van der Waals surface area contributed by atoms with Crippen LogP contribution in [-0.4, -0.2) is 57.3 Å². The van der Waals surface area contributed by atoms with Crippen molar-refractivity contribution < 1.29 is 14.9 Å². The van der Waals surface area contributed by atoms with Crippen molar-refractivity contribution in [3.63, 3.8) is 0 Å². The van der Waals surface area contributed by atoms with Gasteiger partial charge in [-0.05, 0) is 42.7 Å². The molecule has 1 saturated heterocycles. The van der Waals surface area contributed by atoms with Crippen LogP contribution in [0, 0.1) is 0 Å². The molecular weight excluding hydrogens is 294 g/mol. The van der Waals surface area contributed by atoms with E-state index in [1.165, 1.54) is 0 Å². The lowest BCUT2D eigenvalue weighted by molar-refractivity contribution is -0.0606. The first-order chi connectivity index (χ1) is 11.1. The van der Waals surface area contributed by atoms with Gasteiger partial charge in [0.1, 0.15) is 5.75 Å². The lowest BCUT2D eigenvalue weighted by Gasteiger charge is -2.37. The topological polar surface area (TPSA) is 70.8 Å². The minimum atomic E-state index is -0.921. The number of nitrogens with zero attached hydrogens (tertiary/aromatic N) is 3. The fraction of sp³-hybridized carbons (Fsp3) is 0.471. The molecule has 2 heterocycles. The summed E-state index contributed by atoms with van der Waals surface area (Å²) >= 11 is 0. The van der Waals surface area contributed by atoms with Gasteiger partial charge in [0.15, 0.2) is 0 Å². The Kier molecular flexibility index (Phi) is 4.66. The molecule has 3 rings (SSSR count). The molecule has 23 heavy (non-hydrogen) atoms. The summed E-state index contributed by atoms with van der Waals surface area (Å²) in [6.07, 6.45) is 4.86. The number of hydrogen-bond acceptors (Lipinski definition) is 5. The van der Waals surface area contributed by atoms with Crippen molar-refractivity contribution in [2.24, 2.45) is 0 Å². The minimum absolute atomic E-state index is 0.168. The first-order valence-electron chi connectivity index (χ1n) is 7.86. The largest absolute Gasteiger partial charge is 0.497 e. The summed E-state index contributed by atoms with van der Waals surface area (Å²) < 4.78 is 7.20. The molecule has 0 radical (unpaired) electrons. The van der Waals surface area contributed by atoms with Crippen molar-refractivity contribution in [3.8, 4) is 11.4 Å². The molecular formula is C17H23N3O3. The van der Waals surface area contributed by atoms with Gasteiger partial charge in [-0.2, -0.15) is 5.10 Å². The average molecular weight is 317 g/mol. The van der Waals surface area contributed by atoms with E-state index < -0.39 is 5.60 Å². The third-order valence-corrected chi connectivity index (χ3v) is 4.51. The standard InChI is InChI=1S/C17H23N3O3/c1-23-15-3-4-16(20-8-2-7-18-20)14(11-15)12-19-9-5-17(22,13-21)6-10-19/h2-4,7-8,11,21-22H,5-6,9-10,12-13H2,1H3. The molecule has 1 aromatic carbocycles. The molecule has 6 heteroatoms. The first kappa shape index (κ1) is 16.0. The predicted octanol–water partition coefficient (Wildman–Crippen LogP) is 1.20. The number of hydrogen-bond donors (Lipinski definition) is 2. The molecule has 0 saturated carbocycles. The van der Waals surface area contributed by atoms with E-state index in [0.29, 0.717) is 12.8 Å². The number of aliphatic hydroxyl groups excluding tert-OH is 1. The number of likely N-dealkylation sites (tertiary alicyclic amines) is 1. The van der Waals surface area contributed by atoms with Gasteiger partial charge in [0.05, 0.1) is 25.0 Å². The first-order valence-corrected chi connectivity index (χ1v) is 7.86. The van der Waals surface area contributed by atoms with Gasteiger partial charge >= 0.3 is 0 Å². The Labute approximate surface area is 135 Å². The summed E-state index contributed by atoms with van der Waals surface area (Å²) in [6, 6.07) is 7.87. The summed E-state index contributed by atoms with van der Waals surface area (Å²) in [5.74, 6) is 0.819. The fourth-order valence-electron chi connectivity index (χ4n) is 2.98. The lowest BCUT2D eigenvalue weighted by Crippen LogP contribution is -2.46. The molecule has 0 atom stereocenters. The van der Waals surface area contributed by atoms with Gasteiger partial charge in [-0.1, -0.05) is 0 Å². The molecule has 1 aliphatic rings. The van der Waals surface area contributed by atoms with Crippen molar-refractivity contribution >= 4 is 0 Å². The second kappa shape index (κ2) is 6.70. The maximum atomic E-state index is 10.1. The lowest BCUT2D eigenvalue weighted by atomic mass is 9.92. The van der Waals surface area contributed by atoms with Gasteiger partial charge in [0.2, 0.25) is 0 Å². The van der Waals surface area contributed by atoms with Gasteiger partial charge in [-0.15, -0.1) is 0 Å². The quantitative estimate of drug-likeness (QED) is 0.867. The molecule has 2 N–H and O–H groups in total. The molecule has 2 aromatic rings. The van der Waals surface area contributed by atoms with Crippen LogP contribution in [0.15, 0.2) is 36.7 Å². The van der Waals surface area contributed by atoms with E-state index in [1.54, 1.807) is 13.3 Å². The number of aliphatic hydroxyl groups is 2. The highest BCUT2D eigenvalue weighted by molar-refractivity contribution is 5.45. The van der Waals surface area contributed by atoms with Gasteiger partial charge < -0.3 is 14.9 Å². The Morgan fingerprint density at radius 2 is 2.09 bits per heavy atom. The van der Waals surface area contributed by atoms with Crippen LogP contribution in [0.1, 0.15) is 18.4 Å². The predicted molar refractivity (Wildman–Crippen MR) is 86.7 cm³/mol. The SMILES string of the molecule is COc1ccc(-n2cccn2)c(CN2CCC(O)(CO)CC2)c1. The molecule has 1 fully saturated rings. The van der Waals surface area contributed by atoms with Gasteiger partial charge in [0, 0.05) is 32.0 Å². The second-order valence-corrected chi connectivity index (χ2v) is 6.10. The molecule has 6 nitrogen and oxygen atoms in total. The van der Waals surface area contributed by atoms with Crippen LogP contribution in [0.3, 0.4) is 0 Å². The summed E-state index contributed by atoms with van der Waals surface area (Å²) in [5, 5.41) is 23.7. The summed E-state index contributed by atoms with van der Waals surface area (Å²) in [7, 11) is 1.66. The van der Waals surface area contributed by atoms with E-state index in [2.05, 4.69) is 10.00 Å². The van der Waals surface area contributed by atoms with Gasteiger partial charge in [-0.3, -0.25) is 4.90 Å². The summed E-state index contributed by atoms with van der Waals surface area (Å²) in [5.41, 5.74) is 1.23. The van der Waals surface area contributed by atoms with Crippen molar-refractivity contribution in [2.45, 2.75) is 25.0 Å². The van der Waals surface area contributed by atoms with Crippen LogP contribution in [-0.2, 0) is 6.54 Å². The highest BCUT2D eigenvalue weighted by atomic mass is 16.5. The molecule has 0 aliphatic carbocycles. The number of piperidine rings is 1. The van der Waals surface area contributed by atoms with Crippen molar-refractivity contribution in [1.29, 1.82) is 0 Å². The van der Waals surface area contributed by atoms with Gasteiger partial charge in [0.25, 0.3) is 0 Å². The van der Waals surface area contributed by atoms with E-state index in [4.69, 9.17) is 4.74 Å². The number of aromatic nitrogens is 2. The van der Waals surface area contributed by atoms with Crippen LogP contribution in [0.5, 0.6) is 5.75 Å². The maximum Gasteiger partial charge on any atom is 0.119 e. The smallest absolute Gasteiger partial charge is 0.119 e. The Balaban J connectivity index is 1.79. The van der Waals surface area contributed by atoms with E-state index in [1.807, 2.05) is 35.1 Å². The van der Waals surface area contributed by atoms with Crippen LogP contribution in [0.25, 0.3) is 5.69 Å². The zero-order valence-corrected chi connectivity index (χ0v) is 13.4. The number of ether oxygens (including phenoxy) is 1. The third kappa shape index (κ3) is 3.55. The Bertz CT molecular complexity index is 635. The van der Waals surface area contributed by atoms with E-state index in [0.717, 1.165) is 36.6 Å². The maximum absolute atomic E-state index is 10.1. The zero-order chi connectivity index (χ0) is 16.3. The van der Waals surface area contributed by atoms with E-state index in [-0.39, 0.29) is 6.61 Å². The van der Waals surface area contributed by atoms with Crippen molar-refractivity contribution in [1.82, 2.24) is 14.7 Å². The third-order valence-electron chi connectivity index (χ3n) is 4.51. The number of methoxy groups -OCH3 is 1. The Hall–Kier alpha value is -1.89. The van der Waals surface area contributed by atoms with Crippen molar-refractivity contribution in [3.05, 3.63) is 42.2 Å². The van der Waals surface area contributed by atoms with Crippen LogP contribution >= 0.6 is 0 Å². The fourth-order valence-corrected chi connectivity index (χ4v) is 2.98. The zero-order valence-electron chi connectivity index (χ0n) is 13.4. The van der Waals surface area contributed by atoms with Gasteiger partial charge in [-0.25, -0.2) is 4.68 Å². The van der Waals surface area contributed by atoms with E-state index >= 15 is 0 Å². The number of benzene rings is 1. The Morgan fingerprint density at radius 3 is 2.70 bits per heavy atom. The highest BCUT2D eigenvalue weighted by Crippen LogP contribution is 2.26. The minimum Gasteiger partial charge on any atom is -0.497 e. The molecule has 0 spiro atoms. The van der Waals surface area contributed by atoms with E-state index in [9.17, 15) is 10.2 Å². The monoisotopic (exact) mass is 317 g/mol. The summed E-state index contributed by atoms with van der Waals surface area (Å²) in [6.45, 7) is 2.10. The normalized spacial score (nSPS) is 18.0. The van der Waals surface area contributed by atoms with Crippen molar-refractivity contribution in [2.75, 3.05) is 26.8 Å². The highest BCUT2D eigenvalue weighted by Gasteiger charge is 2.31. The molecule has 1 aliphatic heterocycles. The Morgan fingerprint density at radius 1 is 1.30 bits per heavy atom.